The standard InChI is InChI=1S/C14H22N2O3S/c1-5-10(4)8-16(6-2)13(17)11-9-20-12(15-11)14(18)19-7-3/h9-10H,5-8H2,1-4H3. The van der Waals surface area contributed by atoms with E-state index >= 15 is 0 Å². The first-order valence-corrected chi connectivity index (χ1v) is 7.83. The van der Waals surface area contributed by atoms with E-state index in [0.29, 0.717) is 31.3 Å². The molecule has 20 heavy (non-hydrogen) atoms. The van der Waals surface area contributed by atoms with E-state index in [1.165, 1.54) is 0 Å². The second-order valence-corrected chi connectivity index (χ2v) is 5.47. The molecular formula is C14H22N2O3S. The quantitative estimate of drug-likeness (QED) is 0.726. The van der Waals surface area contributed by atoms with Gasteiger partial charge >= 0.3 is 5.97 Å². The maximum atomic E-state index is 12.3. The summed E-state index contributed by atoms with van der Waals surface area (Å²) in [7, 11) is 0. The second kappa shape index (κ2) is 7.99. The molecule has 1 unspecified atom stereocenters. The molecule has 0 aliphatic rings. The summed E-state index contributed by atoms with van der Waals surface area (Å²) >= 11 is 1.15. The minimum Gasteiger partial charge on any atom is -0.461 e. The molecule has 112 valence electrons. The average Bonchev–Trinajstić information content (AvgIpc) is 2.93. The first kappa shape index (κ1) is 16.6. The van der Waals surface area contributed by atoms with Crippen molar-refractivity contribution in [1.82, 2.24) is 9.88 Å². The van der Waals surface area contributed by atoms with Crippen LogP contribution in [0.5, 0.6) is 0 Å². The van der Waals surface area contributed by atoms with Crippen LogP contribution in [0, 0.1) is 5.92 Å². The van der Waals surface area contributed by atoms with Crippen LogP contribution in [0.3, 0.4) is 0 Å². The lowest BCUT2D eigenvalue weighted by Gasteiger charge is -2.23. The number of ether oxygens (including phenoxy) is 1. The summed E-state index contributed by atoms with van der Waals surface area (Å²) in [6.45, 7) is 9.54. The van der Waals surface area contributed by atoms with E-state index < -0.39 is 5.97 Å². The first-order chi connectivity index (χ1) is 9.53. The van der Waals surface area contributed by atoms with Crippen molar-refractivity contribution in [3.63, 3.8) is 0 Å². The molecule has 1 aromatic rings. The summed E-state index contributed by atoms with van der Waals surface area (Å²) < 4.78 is 4.87. The summed E-state index contributed by atoms with van der Waals surface area (Å²) in [5.74, 6) is -0.150. The van der Waals surface area contributed by atoms with E-state index in [0.717, 1.165) is 17.8 Å². The van der Waals surface area contributed by atoms with Crippen LogP contribution in [0.15, 0.2) is 5.38 Å². The third kappa shape index (κ3) is 4.30. The van der Waals surface area contributed by atoms with Gasteiger partial charge in [-0.3, -0.25) is 4.79 Å². The van der Waals surface area contributed by atoms with Gasteiger partial charge in [0.05, 0.1) is 6.61 Å². The molecule has 0 aromatic carbocycles. The van der Waals surface area contributed by atoms with Gasteiger partial charge in [0.15, 0.2) is 0 Å². The predicted molar refractivity (Wildman–Crippen MR) is 79.1 cm³/mol. The van der Waals surface area contributed by atoms with Crippen LogP contribution in [-0.2, 0) is 4.74 Å². The summed E-state index contributed by atoms with van der Waals surface area (Å²) in [6, 6.07) is 0. The summed E-state index contributed by atoms with van der Waals surface area (Å²) in [5, 5.41) is 1.85. The summed E-state index contributed by atoms with van der Waals surface area (Å²) in [6.07, 6.45) is 1.02. The van der Waals surface area contributed by atoms with Crippen molar-refractivity contribution >= 4 is 23.2 Å². The fourth-order valence-corrected chi connectivity index (χ4v) is 2.36. The Kier molecular flexibility index (Phi) is 6.64. The van der Waals surface area contributed by atoms with Crippen molar-refractivity contribution in [3.8, 4) is 0 Å². The minimum absolute atomic E-state index is 0.125. The number of hydrogen-bond acceptors (Lipinski definition) is 5. The van der Waals surface area contributed by atoms with E-state index in [2.05, 4.69) is 18.8 Å². The number of esters is 1. The molecule has 1 amide bonds. The first-order valence-electron chi connectivity index (χ1n) is 6.95. The van der Waals surface area contributed by atoms with E-state index in [1.807, 2.05) is 6.92 Å². The molecule has 0 aliphatic carbocycles. The molecule has 1 heterocycles. The van der Waals surface area contributed by atoms with Gasteiger partial charge in [0.1, 0.15) is 5.69 Å². The molecular weight excluding hydrogens is 276 g/mol. The number of rotatable bonds is 7. The molecule has 0 saturated carbocycles. The molecule has 1 atom stereocenters. The van der Waals surface area contributed by atoms with Crippen molar-refractivity contribution in [2.45, 2.75) is 34.1 Å². The van der Waals surface area contributed by atoms with Gasteiger partial charge in [-0.15, -0.1) is 11.3 Å². The smallest absolute Gasteiger partial charge is 0.367 e. The third-order valence-corrected chi connectivity index (χ3v) is 3.89. The summed E-state index contributed by atoms with van der Waals surface area (Å²) in [5.41, 5.74) is 0.322. The van der Waals surface area contributed by atoms with Gasteiger partial charge in [0, 0.05) is 18.5 Å². The highest BCUT2D eigenvalue weighted by molar-refractivity contribution is 7.11. The Morgan fingerprint density at radius 3 is 2.65 bits per heavy atom. The highest BCUT2D eigenvalue weighted by Crippen LogP contribution is 2.14. The fraction of sp³-hybridized carbons (Fsp3) is 0.643. The number of nitrogens with zero attached hydrogens (tertiary/aromatic N) is 2. The Hall–Kier alpha value is -1.43. The van der Waals surface area contributed by atoms with Crippen LogP contribution in [-0.4, -0.2) is 41.5 Å². The van der Waals surface area contributed by atoms with E-state index in [9.17, 15) is 9.59 Å². The molecule has 0 spiro atoms. The third-order valence-electron chi connectivity index (χ3n) is 3.07. The number of thiazole rings is 1. The van der Waals surface area contributed by atoms with Crippen LogP contribution in [0.2, 0.25) is 0 Å². The van der Waals surface area contributed by atoms with Gasteiger partial charge in [-0.2, -0.15) is 0 Å². The average molecular weight is 298 g/mol. The van der Waals surface area contributed by atoms with Crippen molar-refractivity contribution in [2.75, 3.05) is 19.7 Å². The molecule has 0 saturated heterocycles. The van der Waals surface area contributed by atoms with Gasteiger partial charge in [0.25, 0.3) is 5.91 Å². The minimum atomic E-state index is -0.471. The van der Waals surface area contributed by atoms with E-state index in [-0.39, 0.29) is 10.9 Å². The number of aromatic nitrogens is 1. The van der Waals surface area contributed by atoms with Crippen LogP contribution < -0.4 is 0 Å². The Balaban J connectivity index is 2.78. The molecule has 0 fully saturated rings. The van der Waals surface area contributed by atoms with E-state index in [1.54, 1.807) is 17.2 Å². The molecule has 5 nitrogen and oxygen atoms in total. The van der Waals surface area contributed by atoms with Crippen LogP contribution in [0.25, 0.3) is 0 Å². The van der Waals surface area contributed by atoms with Gasteiger partial charge in [-0.05, 0) is 19.8 Å². The Morgan fingerprint density at radius 2 is 2.10 bits per heavy atom. The van der Waals surface area contributed by atoms with Crippen molar-refractivity contribution in [1.29, 1.82) is 0 Å². The van der Waals surface area contributed by atoms with Crippen LogP contribution in [0.4, 0.5) is 0 Å². The number of carbonyl (C=O) groups is 2. The summed E-state index contributed by atoms with van der Waals surface area (Å²) in [4.78, 5) is 29.7. The zero-order valence-corrected chi connectivity index (χ0v) is 13.3. The lowest BCUT2D eigenvalue weighted by atomic mass is 10.1. The molecule has 1 rings (SSSR count). The normalized spacial score (nSPS) is 12.0. The van der Waals surface area contributed by atoms with Crippen molar-refractivity contribution < 1.29 is 14.3 Å². The van der Waals surface area contributed by atoms with E-state index in [4.69, 9.17) is 4.74 Å². The highest BCUT2D eigenvalue weighted by Gasteiger charge is 2.21. The zero-order valence-electron chi connectivity index (χ0n) is 12.5. The molecule has 0 aliphatic heterocycles. The lowest BCUT2D eigenvalue weighted by Crippen LogP contribution is -2.34. The Bertz CT molecular complexity index is 459. The van der Waals surface area contributed by atoms with Gasteiger partial charge in [-0.1, -0.05) is 20.3 Å². The maximum absolute atomic E-state index is 12.3. The molecule has 0 N–H and O–H groups in total. The monoisotopic (exact) mass is 298 g/mol. The highest BCUT2D eigenvalue weighted by atomic mass is 32.1. The second-order valence-electron chi connectivity index (χ2n) is 4.62. The van der Waals surface area contributed by atoms with Gasteiger partial charge in [-0.25, -0.2) is 9.78 Å². The fourth-order valence-electron chi connectivity index (χ4n) is 1.68. The van der Waals surface area contributed by atoms with Gasteiger partial charge in [0.2, 0.25) is 5.01 Å². The van der Waals surface area contributed by atoms with Gasteiger partial charge < -0.3 is 9.64 Å². The van der Waals surface area contributed by atoms with Crippen LogP contribution >= 0.6 is 11.3 Å². The Labute approximate surface area is 124 Å². The lowest BCUT2D eigenvalue weighted by molar-refractivity contribution is 0.0526. The maximum Gasteiger partial charge on any atom is 0.367 e. The largest absolute Gasteiger partial charge is 0.461 e. The molecule has 0 bridgehead atoms. The van der Waals surface area contributed by atoms with Crippen molar-refractivity contribution in [2.24, 2.45) is 5.92 Å². The molecule has 1 aromatic heterocycles. The van der Waals surface area contributed by atoms with Crippen molar-refractivity contribution in [3.05, 3.63) is 16.1 Å². The topological polar surface area (TPSA) is 59.5 Å². The Morgan fingerprint density at radius 1 is 1.40 bits per heavy atom. The van der Waals surface area contributed by atoms with Crippen LogP contribution in [0.1, 0.15) is 54.4 Å². The number of hydrogen-bond donors (Lipinski definition) is 0. The predicted octanol–water partition coefficient (Wildman–Crippen LogP) is 2.83. The number of amides is 1. The SMILES string of the molecule is CCOC(=O)c1nc(C(=O)N(CC)CC(C)CC)cs1. The molecule has 0 radical (unpaired) electrons. The number of carbonyl (C=O) groups excluding carboxylic acids is 2. The molecule has 6 heteroatoms. The zero-order chi connectivity index (χ0) is 15.1.